The summed E-state index contributed by atoms with van der Waals surface area (Å²) in [5.41, 5.74) is 2.80. The molecule has 0 unspecified atom stereocenters. The van der Waals surface area contributed by atoms with E-state index in [0.29, 0.717) is 13.0 Å². The third kappa shape index (κ3) is 4.32. The fourth-order valence-electron chi connectivity index (χ4n) is 2.40. The molecule has 0 saturated carbocycles. The van der Waals surface area contributed by atoms with Crippen LogP contribution in [0.3, 0.4) is 0 Å². The van der Waals surface area contributed by atoms with Crippen molar-refractivity contribution in [3.8, 4) is 0 Å². The van der Waals surface area contributed by atoms with Gasteiger partial charge in [-0.15, -0.1) is 0 Å². The number of anilines is 1. The lowest BCUT2D eigenvalue weighted by molar-refractivity contribution is -0.131. The molecule has 0 aromatic heterocycles. The molecule has 0 amide bonds. The molecule has 114 valence electrons. The van der Waals surface area contributed by atoms with Crippen LogP contribution >= 0.6 is 0 Å². The number of carboxylic acid groups (broad SMARTS) is 1. The molecule has 1 fully saturated rings. The van der Waals surface area contributed by atoms with E-state index in [9.17, 15) is 13.2 Å². The monoisotopic (exact) mass is 309 g/mol. The van der Waals surface area contributed by atoms with Crippen LogP contribution in [0.5, 0.6) is 0 Å². The maximum atomic E-state index is 11.6. The summed E-state index contributed by atoms with van der Waals surface area (Å²) in [5.74, 6) is -0.537. The van der Waals surface area contributed by atoms with Gasteiger partial charge in [0.05, 0.1) is 11.5 Å². The number of hydrogen-bond acceptors (Lipinski definition) is 4. The van der Waals surface area contributed by atoms with Crippen LogP contribution in [0.4, 0.5) is 5.69 Å². The van der Waals surface area contributed by atoms with Gasteiger partial charge in [0.15, 0.2) is 9.84 Å². The highest BCUT2D eigenvalue weighted by Gasteiger charge is 2.19. The van der Waals surface area contributed by atoms with Gasteiger partial charge in [0.2, 0.25) is 0 Å². The third-order valence-electron chi connectivity index (χ3n) is 3.58. The van der Waals surface area contributed by atoms with Gasteiger partial charge < -0.3 is 10.0 Å². The van der Waals surface area contributed by atoms with Gasteiger partial charge in [0.25, 0.3) is 0 Å². The summed E-state index contributed by atoms with van der Waals surface area (Å²) in [6.45, 7) is 3.15. The Balaban J connectivity index is 2.18. The Bertz CT molecular complexity index is 664. The second kappa shape index (κ2) is 6.30. The number of aliphatic carboxylic acids is 1. The Morgan fingerprint density at radius 2 is 2.05 bits per heavy atom. The zero-order chi connectivity index (χ0) is 15.5. The minimum absolute atomic E-state index is 0.187. The minimum atomic E-state index is -2.91. The summed E-state index contributed by atoms with van der Waals surface area (Å²) in [4.78, 5) is 12.6. The van der Waals surface area contributed by atoms with Gasteiger partial charge >= 0.3 is 5.97 Å². The highest BCUT2D eigenvalue weighted by atomic mass is 32.2. The van der Waals surface area contributed by atoms with E-state index in [1.807, 2.05) is 25.1 Å². The molecule has 0 bridgehead atoms. The Hall–Kier alpha value is -1.82. The SMILES string of the molecule is Cc1cc(N2CCCS(=O)(=O)CC2)ccc1/C=C/C(=O)O. The number of nitrogens with zero attached hydrogens (tertiary/aromatic N) is 1. The summed E-state index contributed by atoms with van der Waals surface area (Å²) in [5, 5.41) is 8.65. The van der Waals surface area contributed by atoms with E-state index in [1.165, 1.54) is 0 Å². The molecule has 0 aliphatic carbocycles. The lowest BCUT2D eigenvalue weighted by atomic mass is 10.1. The largest absolute Gasteiger partial charge is 0.478 e. The molecule has 1 aliphatic rings. The van der Waals surface area contributed by atoms with Crippen LogP contribution in [0.1, 0.15) is 17.5 Å². The predicted molar refractivity (Wildman–Crippen MR) is 83.3 cm³/mol. The minimum Gasteiger partial charge on any atom is -0.478 e. The molecule has 0 atom stereocenters. The zero-order valence-electron chi connectivity index (χ0n) is 11.9. The second-order valence-electron chi connectivity index (χ2n) is 5.20. The molecule has 1 aromatic carbocycles. The van der Waals surface area contributed by atoms with Crippen LogP contribution in [0.25, 0.3) is 6.08 Å². The molecule has 1 heterocycles. The van der Waals surface area contributed by atoms with E-state index in [-0.39, 0.29) is 11.5 Å². The molecular weight excluding hydrogens is 290 g/mol. The van der Waals surface area contributed by atoms with Gasteiger partial charge in [-0.05, 0) is 42.7 Å². The van der Waals surface area contributed by atoms with E-state index in [4.69, 9.17) is 5.11 Å². The van der Waals surface area contributed by atoms with Crippen molar-refractivity contribution in [3.63, 3.8) is 0 Å². The summed E-state index contributed by atoms with van der Waals surface area (Å²) >= 11 is 0. The molecule has 1 N–H and O–H groups in total. The number of carbonyl (C=O) groups is 1. The quantitative estimate of drug-likeness (QED) is 0.861. The fourth-order valence-corrected chi connectivity index (χ4v) is 3.67. The predicted octanol–water partition coefficient (Wildman–Crippen LogP) is 1.72. The first-order valence-electron chi connectivity index (χ1n) is 6.84. The summed E-state index contributed by atoms with van der Waals surface area (Å²) < 4.78 is 23.3. The number of sulfone groups is 1. The number of benzene rings is 1. The van der Waals surface area contributed by atoms with Gasteiger partial charge in [0, 0.05) is 24.9 Å². The van der Waals surface area contributed by atoms with Crippen molar-refractivity contribution in [2.24, 2.45) is 0 Å². The highest BCUT2D eigenvalue weighted by Crippen LogP contribution is 2.22. The lowest BCUT2D eigenvalue weighted by Crippen LogP contribution is -2.26. The van der Waals surface area contributed by atoms with Crippen LogP contribution in [0.15, 0.2) is 24.3 Å². The maximum Gasteiger partial charge on any atom is 0.328 e. The Kier molecular flexibility index (Phi) is 4.67. The smallest absolute Gasteiger partial charge is 0.328 e. The van der Waals surface area contributed by atoms with Crippen molar-refractivity contribution in [1.82, 2.24) is 0 Å². The van der Waals surface area contributed by atoms with Crippen molar-refractivity contribution in [3.05, 3.63) is 35.4 Å². The third-order valence-corrected chi connectivity index (χ3v) is 5.29. The molecule has 0 radical (unpaired) electrons. The van der Waals surface area contributed by atoms with E-state index in [0.717, 1.165) is 29.4 Å². The first-order chi connectivity index (χ1) is 9.87. The summed E-state index contributed by atoms with van der Waals surface area (Å²) in [6, 6.07) is 5.75. The second-order valence-corrected chi connectivity index (χ2v) is 7.51. The first-order valence-corrected chi connectivity index (χ1v) is 8.66. The molecule has 6 heteroatoms. The molecule has 1 saturated heterocycles. The standard InChI is InChI=1S/C15H19NO4S/c1-12-11-14(5-3-13(12)4-6-15(17)18)16-7-2-9-21(19,20)10-8-16/h3-6,11H,2,7-10H2,1H3,(H,17,18)/b6-4+. The van der Waals surface area contributed by atoms with Crippen molar-refractivity contribution >= 4 is 27.6 Å². The van der Waals surface area contributed by atoms with Gasteiger partial charge in [-0.3, -0.25) is 0 Å². The van der Waals surface area contributed by atoms with Gasteiger partial charge in [0.1, 0.15) is 0 Å². The maximum absolute atomic E-state index is 11.6. The Labute approximate surface area is 124 Å². The Morgan fingerprint density at radius 1 is 1.29 bits per heavy atom. The van der Waals surface area contributed by atoms with Crippen LogP contribution in [-0.2, 0) is 14.6 Å². The van der Waals surface area contributed by atoms with Crippen molar-refractivity contribution in [2.45, 2.75) is 13.3 Å². The molecule has 0 spiro atoms. The van der Waals surface area contributed by atoms with E-state index >= 15 is 0 Å². The number of hydrogen-bond donors (Lipinski definition) is 1. The van der Waals surface area contributed by atoms with Gasteiger partial charge in [-0.25, -0.2) is 13.2 Å². The van der Waals surface area contributed by atoms with Gasteiger partial charge in [-0.2, -0.15) is 0 Å². The average Bonchev–Trinajstić information content (AvgIpc) is 2.58. The van der Waals surface area contributed by atoms with Crippen molar-refractivity contribution in [2.75, 3.05) is 29.5 Å². The van der Waals surface area contributed by atoms with E-state index < -0.39 is 15.8 Å². The van der Waals surface area contributed by atoms with E-state index in [1.54, 1.807) is 6.08 Å². The van der Waals surface area contributed by atoms with Gasteiger partial charge in [-0.1, -0.05) is 6.07 Å². The molecule has 21 heavy (non-hydrogen) atoms. The Morgan fingerprint density at radius 3 is 2.71 bits per heavy atom. The summed E-state index contributed by atoms with van der Waals surface area (Å²) in [7, 11) is -2.91. The number of aryl methyl sites for hydroxylation is 1. The molecule has 1 aliphatic heterocycles. The van der Waals surface area contributed by atoms with Crippen LogP contribution in [0.2, 0.25) is 0 Å². The van der Waals surface area contributed by atoms with Crippen LogP contribution in [-0.4, -0.2) is 44.1 Å². The molecular formula is C15H19NO4S. The molecule has 2 rings (SSSR count). The number of rotatable bonds is 3. The fraction of sp³-hybridized carbons (Fsp3) is 0.400. The molecule has 1 aromatic rings. The number of carboxylic acids is 1. The van der Waals surface area contributed by atoms with Crippen LogP contribution in [0, 0.1) is 6.92 Å². The average molecular weight is 309 g/mol. The first kappa shape index (κ1) is 15.6. The highest BCUT2D eigenvalue weighted by molar-refractivity contribution is 7.91. The van der Waals surface area contributed by atoms with Crippen LogP contribution < -0.4 is 4.90 Å². The summed E-state index contributed by atoms with van der Waals surface area (Å²) in [6.07, 6.45) is 3.32. The normalized spacial score (nSPS) is 18.6. The van der Waals surface area contributed by atoms with Crippen molar-refractivity contribution < 1.29 is 18.3 Å². The topological polar surface area (TPSA) is 74.7 Å². The lowest BCUT2D eigenvalue weighted by Gasteiger charge is -2.23. The zero-order valence-corrected chi connectivity index (χ0v) is 12.8. The van der Waals surface area contributed by atoms with E-state index in [2.05, 4.69) is 4.90 Å². The molecule has 5 nitrogen and oxygen atoms in total. The van der Waals surface area contributed by atoms with Crippen molar-refractivity contribution in [1.29, 1.82) is 0 Å².